The van der Waals surface area contributed by atoms with Gasteiger partial charge in [-0.3, -0.25) is 0 Å². The molecular weight excluding hydrogens is 184 g/mol. The van der Waals surface area contributed by atoms with Crippen molar-refractivity contribution >= 4 is 0 Å². The molecule has 0 bridgehead atoms. The Morgan fingerprint density at radius 3 is 2.73 bits per heavy atom. The number of nitrogens with zero attached hydrogens (tertiary/aromatic N) is 1. The topological polar surface area (TPSA) is 15.3 Å². The summed E-state index contributed by atoms with van der Waals surface area (Å²) in [6.07, 6.45) is 5.50. The fourth-order valence-electron chi connectivity index (χ4n) is 2.25. The minimum atomic E-state index is 0.859. The monoisotopic (exact) mass is 212 g/mol. The van der Waals surface area contributed by atoms with Gasteiger partial charge < -0.3 is 10.2 Å². The summed E-state index contributed by atoms with van der Waals surface area (Å²) < 4.78 is 0. The van der Waals surface area contributed by atoms with Crippen LogP contribution < -0.4 is 5.32 Å². The van der Waals surface area contributed by atoms with Crippen LogP contribution in [0.2, 0.25) is 0 Å². The molecule has 1 heterocycles. The highest BCUT2D eigenvalue weighted by Gasteiger charge is 2.14. The van der Waals surface area contributed by atoms with Crippen molar-refractivity contribution in [1.29, 1.82) is 0 Å². The molecule has 2 nitrogen and oxygen atoms in total. The molecular formula is C13H28N2. The third-order valence-corrected chi connectivity index (χ3v) is 3.40. The van der Waals surface area contributed by atoms with Gasteiger partial charge in [0.15, 0.2) is 0 Å². The Morgan fingerprint density at radius 2 is 2.13 bits per heavy atom. The predicted octanol–water partition coefficient (Wildman–Crippen LogP) is 2.35. The number of hydrogen-bond acceptors (Lipinski definition) is 2. The summed E-state index contributed by atoms with van der Waals surface area (Å²) in [7, 11) is 2.27. The van der Waals surface area contributed by atoms with Crippen LogP contribution in [-0.4, -0.2) is 38.1 Å². The summed E-state index contributed by atoms with van der Waals surface area (Å²) in [5, 5.41) is 3.44. The van der Waals surface area contributed by atoms with Gasteiger partial charge in [0, 0.05) is 0 Å². The van der Waals surface area contributed by atoms with Crippen molar-refractivity contribution in [2.75, 3.05) is 33.2 Å². The molecule has 0 saturated carbocycles. The van der Waals surface area contributed by atoms with E-state index in [2.05, 4.69) is 31.1 Å². The van der Waals surface area contributed by atoms with Gasteiger partial charge in [-0.1, -0.05) is 13.8 Å². The average Bonchev–Trinajstić information content (AvgIpc) is 2.66. The molecule has 1 rings (SSSR count). The Balaban J connectivity index is 1.95. The van der Waals surface area contributed by atoms with E-state index in [9.17, 15) is 0 Å². The van der Waals surface area contributed by atoms with Crippen LogP contribution in [0.5, 0.6) is 0 Å². The molecule has 0 aliphatic carbocycles. The van der Waals surface area contributed by atoms with E-state index in [1.54, 1.807) is 0 Å². The molecule has 0 aromatic carbocycles. The average molecular weight is 212 g/mol. The first kappa shape index (κ1) is 13.0. The maximum Gasteiger partial charge on any atom is -0.00187 e. The van der Waals surface area contributed by atoms with Gasteiger partial charge in [0.2, 0.25) is 0 Å². The van der Waals surface area contributed by atoms with Gasteiger partial charge in [0.1, 0.15) is 0 Å². The zero-order valence-corrected chi connectivity index (χ0v) is 10.8. The van der Waals surface area contributed by atoms with Gasteiger partial charge in [-0.05, 0) is 70.7 Å². The van der Waals surface area contributed by atoms with Crippen molar-refractivity contribution in [1.82, 2.24) is 10.2 Å². The van der Waals surface area contributed by atoms with Gasteiger partial charge in [0.05, 0.1) is 0 Å². The Bertz CT molecular complexity index is 151. The molecule has 2 heteroatoms. The molecule has 0 radical (unpaired) electrons. The first-order chi connectivity index (χ1) is 7.18. The maximum absolute atomic E-state index is 3.44. The molecule has 1 N–H and O–H groups in total. The van der Waals surface area contributed by atoms with Crippen LogP contribution in [0.15, 0.2) is 0 Å². The smallest absolute Gasteiger partial charge is 0.00187 e. The van der Waals surface area contributed by atoms with E-state index in [0.29, 0.717) is 0 Å². The summed E-state index contributed by atoms with van der Waals surface area (Å²) in [6.45, 7) is 9.67. The second kappa shape index (κ2) is 7.24. The summed E-state index contributed by atoms with van der Waals surface area (Å²) in [6, 6.07) is 0. The van der Waals surface area contributed by atoms with E-state index in [4.69, 9.17) is 0 Å². The number of hydrogen-bond donors (Lipinski definition) is 1. The van der Waals surface area contributed by atoms with Crippen molar-refractivity contribution in [2.24, 2.45) is 11.8 Å². The normalized spacial score (nSPS) is 21.8. The highest BCUT2D eigenvalue weighted by atomic mass is 15.1. The van der Waals surface area contributed by atoms with Crippen molar-refractivity contribution < 1.29 is 0 Å². The summed E-state index contributed by atoms with van der Waals surface area (Å²) in [5.74, 6) is 1.80. The minimum Gasteiger partial charge on any atom is -0.316 e. The van der Waals surface area contributed by atoms with E-state index < -0.39 is 0 Å². The molecule has 1 saturated heterocycles. The lowest BCUT2D eigenvalue weighted by atomic mass is 10.0. The zero-order chi connectivity index (χ0) is 11.1. The lowest BCUT2D eigenvalue weighted by molar-refractivity contribution is 0.293. The maximum atomic E-state index is 3.44. The van der Waals surface area contributed by atoms with Crippen molar-refractivity contribution in [3.63, 3.8) is 0 Å². The van der Waals surface area contributed by atoms with Crippen LogP contribution in [0.25, 0.3) is 0 Å². The van der Waals surface area contributed by atoms with Gasteiger partial charge in [-0.15, -0.1) is 0 Å². The molecule has 0 aromatic heterocycles. The molecule has 1 fully saturated rings. The van der Waals surface area contributed by atoms with Crippen LogP contribution in [0, 0.1) is 11.8 Å². The summed E-state index contributed by atoms with van der Waals surface area (Å²) in [4.78, 5) is 2.50. The van der Waals surface area contributed by atoms with Crippen molar-refractivity contribution in [3.8, 4) is 0 Å². The van der Waals surface area contributed by atoms with E-state index in [1.807, 2.05) is 0 Å². The largest absolute Gasteiger partial charge is 0.316 e. The molecule has 0 aromatic rings. The highest BCUT2D eigenvalue weighted by molar-refractivity contribution is 4.72. The van der Waals surface area contributed by atoms with Crippen molar-refractivity contribution in [2.45, 2.75) is 39.5 Å². The first-order valence-corrected chi connectivity index (χ1v) is 6.57. The Morgan fingerprint density at radius 1 is 1.33 bits per heavy atom. The Kier molecular flexibility index (Phi) is 6.26. The van der Waals surface area contributed by atoms with Gasteiger partial charge in [-0.2, -0.15) is 0 Å². The third kappa shape index (κ3) is 6.16. The molecule has 1 unspecified atom stereocenters. The number of nitrogens with one attached hydrogen (secondary N) is 1. The quantitative estimate of drug-likeness (QED) is 0.697. The van der Waals surface area contributed by atoms with Crippen molar-refractivity contribution in [3.05, 3.63) is 0 Å². The lowest BCUT2D eigenvalue weighted by Crippen LogP contribution is -2.23. The Labute approximate surface area is 95.4 Å². The third-order valence-electron chi connectivity index (χ3n) is 3.40. The minimum absolute atomic E-state index is 0.859. The molecule has 15 heavy (non-hydrogen) atoms. The highest BCUT2D eigenvalue weighted by Crippen LogP contribution is 2.12. The molecule has 1 aliphatic heterocycles. The van der Waals surface area contributed by atoms with Gasteiger partial charge in [0.25, 0.3) is 0 Å². The van der Waals surface area contributed by atoms with E-state index in [-0.39, 0.29) is 0 Å². The van der Waals surface area contributed by atoms with Gasteiger partial charge >= 0.3 is 0 Å². The fourth-order valence-corrected chi connectivity index (χ4v) is 2.25. The SMILES string of the molecule is CC(C)CCCN(C)CCC1CCNC1. The fraction of sp³-hybridized carbons (Fsp3) is 1.00. The molecule has 1 aliphatic rings. The zero-order valence-electron chi connectivity index (χ0n) is 10.8. The van der Waals surface area contributed by atoms with Crippen LogP contribution in [0.3, 0.4) is 0 Å². The van der Waals surface area contributed by atoms with Crippen LogP contribution in [0.4, 0.5) is 0 Å². The van der Waals surface area contributed by atoms with Crippen LogP contribution in [0.1, 0.15) is 39.5 Å². The second-order valence-corrected chi connectivity index (χ2v) is 5.49. The van der Waals surface area contributed by atoms with E-state index >= 15 is 0 Å². The van der Waals surface area contributed by atoms with Gasteiger partial charge in [-0.25, -0.2) is 0 Å². The molecule has 0 spiro atoms. The molecule has 90 valence electrons. The van der Waals surface area contributed by atoms with E-state index in [1.165, 1.54) is 51.9 Å². The molecule has 1 atom stereocenters. The summed E-state index contributed by atoms with van der Waals surface area (Å²) in [5.41, 5.74) is 0. The Hall–Kier alpha value is -0.0800. The van der Waals surface area contributed by atoms with E-state index in [0.717, 1.165) is 11.8 Å². The first-order valence-electron chi connectivity index (χ1n) is 6.57. The second-order valence-electron chi connectivity index (χ2n) is 5.49. The standard InChI is InChI=1S/C13H28N2/c1-12(2)5-4-9-15(3)10-7-13-6-8-14-11-13/h12-14H,4-11H2,1-3H3. The summed E-state index contributed by atoms with van der Waals surface area (Å²) >= 11 is 0. The predicted molar refractivity (Wildman–Crippen MR) is 67.2 cm³/mol. The number of rotatable bonds is 7. The molecule has 0 amide bonds. The van der Waals surface area contributed by atoms with Crippen LogP contribution in [-0.2, 0) is 0 Å². The van der Waals surface area contributed by atoms with Crippen LogP contribution >= 0.6 is 0 Å². The lowest BCUT2D eigenvalue weighted by Gasteiger charge is -2.19.